The molecule has 3 N–H and O–H groups in total. The number of aryl methyl sites for hydroxylation is 1. The van der Waals surface area contributed by atoms with Crippen LogP contribution in [0.15, 0.2) is 30.3 Å². The molecule has 0 bridgehead atoms. The largest absolute Gasteiger partial charge is 0.508 e. The molecule has 0 heterocycles. The normalized spacial score (nSPS) is 10.6. The molecule has 0 aliphatic heterocycles. The number of rotatable bonds is 3. The summed E-state index contributed by atoms with van der Waals surface area (Å²) in [6.07, 6.45) is 1.54. The molecular weight excluding hydrogens is 240 g/mol. The van der Waals surface area contributed by atoms with Crippen molar-refractivity contribution in [3.05, 3.63) is 41.5 Å². The summed E-state index contributed by atoms with van der Waals surface area (Å²) >= 11 is 0. The third-order valence-corrected chi connectivity index (χ3v) is 3.36. The lowest BCUT2D eigenvalue weighted by Gasteiger charge is -2.13. The topological polar surface area (TPSA) is 60.7 Å². The summed E-state index contributed by atoms with van der Waals surface area (Å²) in [5, 5.41) is 29.9. The minimum absolute atomic E-state index is 0.00528. The van der Waals surface area contributed by atoms with Gasteiger partial charge in [0.2, 0.25) is 0 Å². The van der Waals surface area contributed by atoms with Crippen molar-refractivity contribution in [1.82, 2.24) is 0 Å². The van der Waals surface area contributed by atoms with Gasteiger partial charge in [-0.15, -0.1) is 0 Å². The molecule has 0 amide bonds. The Morgan fingerprint density at radius 2 is 1.47 bits per heavy atom. The monoisotopic (exact) mass is 258 g/mol. The average molecular weight is 258 g/mol. The molecular formula is C16H18O3. The first-order valence-corrected chi connectivity index (χ1v) is 6.44. The van der Waals surface area contributed by atoms with E-state index in [-0.39, 0.29) is 17.2 Å². The van der Waals surface area contributed by atoms with E-state index in [1.54, 1.807) is 12.1 Å². The Bertz CT molecular complexity index is 583. The van der Waals surface area contributed by atoms with Crippen molar-refractivity contribution in [2.24, 2.45) is 0 Å². The lowest BCUT2D eigenvalue weighted by Crippen LogP contribution is -1.93. The number of hydrogen-bond acceptors (Lipinski definition) is 3. The van der Waals surface area contributed by atoms with E-state index >= 15 is 0 Å². The number of phenolic OH excluding ortho intramolecular Hbond substituents is 3. The van der Waals surface area contributed by atoms with Gasteiger partial charge in [0, 0.05) is 0 Å². The van der Waals surface area contributed by atoms with Crippen LogP contribution >= 0.6 is 0 Å². The Morgan fingerprint density at radius 1 is 0.842 bits per heavy atom. The lowest BCUT2D eigenvalue weighted by atomic mass is 9.94. The third kappa shape index (κ3) is 2.36. The van der Waals surface area contributed by atoms with Crippen molar-refractivity contribution in [3.63, 3.8) is 0 Å². The molecule has 19 heavy (non-hydrogen) atoms. The second-order valence-corrected chi connectivity index (χ2v) is 4.51. The highest BCUT2D eigenvalue weighted by atomic mass is 16.3. The third-order valence-electron chi connectivity index (χ3n) is 3.36. The Kier molecular flexibility index (Phi) is 3.65. The lowest BCUT2D eigenvalue weighted by molar-refractivity contribution is 0.453. The summed E-state index contributed by atoms with van der Waals surface area (Å²) < 4.78 is 0. The summed E-state index contributed by atoms with van der Waals surface area (Å²) in [4.78, 5) is 0. The maximum absolute atomic E-state index is 10.1. The molecule has 3 nitrogen and oxygen atoms in total. The van der Waals surface area contributed by atoms with Crippen LogP contribution in [0.25, 0.3) is 11.1 Å². The number of hydrogen-bond donors (Lipinski definition) is 3. The van der Waals surface area contributed by atoms with Gasteiger partial charge in [-0.3, -0.25) is 0 Å². The second-order valence-electron chi connectivity index (χ2n) is 4.51. The van der Waals surface area contributed by atoms with Gasteiger partial charge >= 0.3 is 0 Å². The molecule has 3 heteroatoms. The fourth-order valence-corrected chi connectivity index (χ4v) is 2.41. The van der Waals surface area contributed by atoms with E-state index in [2.05, 4.69) is 0 Å². The van der Waals surface area contributed by atoms with Gasteiger partial charge in [-0.05, 0) is 47.7 Å². The molecule has 2 rings (SSSR count). The first-order chi connectivity index (χ1) is 9.08. The first-order valence-electron chi connectivity index (χ1n) is 6.44. The van der Waals surface area contributed by atoms with E-state index in [1.165, 1.54) is 12.1 Å². The van der Waals surface area contributed by atoms with E-state index in [1.807, 2.05) is 19.9 Å². The van der Waals surface area contributed by atoms with Gasteiger partial charge in [0.15, 0.2) is 0 Å². The van der Waals surface area contributed by atoms with E-state index in [0.29, 0.717) is 11.1 Å². The predicted octanol–water partition coefficient (Wildman–Crippen LogP) is 3.60. The van der Waals surface area contributed by atoms with Gasteiger partial charge in [0.05, 0.1) is 5.56 Å². The Hall–Kier alpha value is -2.16. The highest BCUT2D eigenvalue weighted by Crippen LogP contribution is 2.40. The molecule has 100 valence electrons. The van der Waals surface area contributed by atoms with Gasteiger partial charge in [-0.1, -0.05) is 26.0 Å². The molecule has 0 aliphatic carbocycles. The van der Waals surface area contributed by atoms with Crippen LogP contribution in [0.2, 0.25) is 0 Å². The summed E-state index contributed by atoms with van der Waals surface area (Å²) in [6.45, 7) is 4.01. The zero-order valence-corrected chi connectivity index (χ0v) is 11.1. The van der Waals surface area contributed by atoms with Crippen LogP contribution in [-0.4, -0.2) is 15.3 Å². The van der Waals surface area contributed by atoms with E-state index in [0.717, 1.165) is 24.0 Å². The summed E-state index contributed by atoms with van der Waals surface area (Å²) in [6, 6.07) is 8.12. The minimum Gasteiger partial charge on any atom is -0.508 e. The van der Waals surface area contributed by atoms with Crippen molar-refractivity contribution in [3.8, 4) is 28.4 Å². The molecule has 0 saturated carbocycles. The van der Waals surface area contributed by atoms with Crippen LogP contribution in [0, 0.1) is 0 Å². The van der Waals surface area contributed by atoms with Crippen molar-refractivity contribution >= 4 is 0 Å². The maximum atomic E-state index is 10.1. The summed E-state index contributed by atoms with van der Waals surface area (Å²) in [5.74, 6) is 0.218. The highest BCUT2D eigenvalue weighted by Gasteiger charge is 2.14. The molecule has 0 spiro atoms. The molecule has 0 fully saturated rings. The highest BCUT2D eigenvalue weighted by molar-refractivity contribution is 5.78. The SMILES string of the molecule is CCc1cc(-c2c(O)cccc2O)cc(O)c1CC. The number of benzene rings is 2. The Balaban J connectivity index is 2.67. The average Bonchev–Trinajstić information content (AvgIpc) is 2.37. The van der Waals surface area contributed by atoms with E-state index in [4.69, 9.17) is 0 Å². The van der Waals surface area contributed by atoms with Crippen molar-refractivity contribution < 1.29 is 15.3 Å². The molecule has 0 aliphatic rings. The van der Waals surface area contributed by atoms with Crippen LogP contribution < -0.4 is 0 Å². The molecule has 0 unspecified atom stereocenters. The van der Waals surface area contributed by atoms with Gasteiger partial charge in [-0.2, -0.15) is 0 Å². The molecule has 2 aromatic rings. The standard InChI is InChI=1S/C16H18O3/c1-3-10-8-11(9-15(19)12(10)4-2)16-13(17)6-5-7-14(16)18/h5-9,17-19H,3-4H2,1-2H3. The van der Waals surface area contributed by atoms with Gasteiger partial charge < -0.3 is 15.3 Å². The zero-order valence-electron chi connectivity index (χ0n) is 11.1. The fourth-order valence-electron chi connectivity index (χ4n) is 2.41. The van der Waals surface area contributed by atoms with Crippen LogP contribution in [0.5, 0.6) is 17.2 Å². The Morgan fingerprint density at radius 3 is 2.00 bits per heavy atom. The van der Waals surface area contributed by atoms with Crippen LogP contribution in [0.4, 0.5) is 0 Å². The van der Waals surface area contributed by atoms with Gasteiger partial charge in [0.1, 0.15) is 17.2 Å². The summed E-state index contributed by atoms with van der Waals surface area (Å²) in [7, 11) is 0. The van der Waals surface area contributed by atoms with E-state index < -0.39 is 0 Å². The van der Waals surface area contributed by atoms with Gasteiger partial charge in [0.25, 0.3) is 0 Å². The molecule has 0 saturated heterocycles. The van der Waals surface area contributed by atoms with Crippen LogP contribution in [-0.2, 0) is 12.8 Å². The number of phenols is 3. The fraction of sp³-hybridized carbons (Fsp3) is 0.250. The smallest absolute Gasteiger partial charge is 0.127 e. The van der Waals surface area contributed by atoms with Crippen LogP contribution in [0.3, 0.4) is 0 Å². The van der Waals surface area contributed by atoms with E-state index in [9.17, 15) is 15.3 Å². The van der Waals surface area contributed by atoms with Gasteiger partial charge in [-0.25, -0.2) is 0 Å². The zero-order chi connectivity index (χ0) is 14.0. The van der Waals surface area contributed by atoms with Crippen molar-refractivity contribution in [2.45, 2.75) is 26.7 Å². The van der Waals surface area contributed by atoms with Crippen molar-refractivity contribution in [2.75, 3.05) is 0 Å². The minimum atomic E-state index is 0.00528. The molecule has 2 aromatic carbocycles. The first kappa shape index (κ1) is 13.3. The molecule has 0 aromatic heterocycles. The van der Waals surface area contributed by atoms with Crippen molar-refractivity contribution in [1.29, 1.82) is 0 Å². The molecule has 0 radical (unpaired) electrons. The predicted molar refractivity (Wildman–Crippen MR) is 75.6 cm³/mol. The quantitative estimate of drug-likeness (QED) is 0.788. The Labute approximate surface area is 112 Å². The number of aromatic hydroxyl groups is 3. The second kappa shape index (κ2) is 5.22. The van der Waals surface area contributed by atoms with Crippen LogP contribution in [0.1, 0.15) is 25.0 Å². The molecule has 0 atom stereocenters. The maximum Gasteiger partial charge on any atom is 0.127 e. The summed E-state index contributed by atoms with van der Waals surface area (Å²) in [5.41, 5.74) is 2.93.